The van der Waals surface area contributed by atoms with Crippen LogP contribution >= 0.6 is 0 Å². The van der Waals surface area contributed by atoms with E-state index in [1.54, 1.807) is 0 Å². The third-order valence-corrected chi connectivity index (χ3v) is 5.43. The molecule has 5 heteroatoms. The lowest BCUT2D eigenvalue weighted by atomic mass is 10.1. The zero-order valence-electron chi connectivity index (χ0n) is 16.4. The lowest BCUT2D eigenvalue weighted by Crippen LogP contribution is -2.42. The number of hydrogen-bond acceptors (Lipinski definition) is 3. The van der Waals surface area contributed by atoms with Crippen LogP contribution in [0.15, 0.2) is 35.3 Å². The van der Waals surface area contributed by atoms with Gasteiger partial charge in [0, 0.05) is 45.2 Å². The third kappa shape index (κ3) is 5.45. The summed E-state index contributed by atoms with van der Waals surface area (Å²) in [6.07, 6.45) is 3.69. The van der Waals surface area contributed by atoms with Gasteiger partial charge in [0.05, 0.1) is 13.2 Å². The number of nitrogens with one attached hydrogen (secondary N) is 1. The molecule has 1 N–H and O–H groups in total. The molecule has 1 aromatic rings. The van der Waals surface area contributed by atoms with E-state index in [0.29, 0.717) is 12.0 Å². The highest BCUT2D eigenvalue weighted by Crippen LogP contribution is 2.20. The highest BCUT2D eigenvalue weighted by molar-refractivity contribution is 5.79. The highest BCUT2D eigenvalue weighted by Gasteiger charge is 2.25. The van der Waals surface area contributed by atoms with Gasteiger partial charge in [0.25, 0.3) is 0 Å². The SMILES string of the molecule is CCNC(=NCC1CCCN1Cc1ccccc1)N(C)CC1CCOC1. The van der Waals surface area contributed by atoms with E-state index in [1.165, 1.54) is 24.9 Å². The summed E-state index contributed by atoms with van der Waals surface area (Å²) in [6, 6.07) is 11.3. The zero-order valence-corrected chi connectivity index (χ0v) is 16.4. The molecule has 2 saturated heterocycles. The fraction of sp³-hybridized carbons (Fsp3) is 0.667. The van der Waals surface area contributed by atoms with E-state index in [4.69, 9.17) is 9.73 Å². The van der Waals surface area contributed by atoms with Gasteiger partial charge in [-0.3, -0.25) is 9.89 Å². The van der Waals surface area contributed by atoms with Crippen LogP contribution in [0.3, 0.4) is 0 Å². The molecule has 0 radical (unpaired) electrons. The summed E-state index contributed by atoms with van der Waals surface area (Å²) in [5.74, 6) is 1.66. The minimum atomic E-state index is 0.548. The maximum absolute atomic E-state index is 5.52. The minimum absolute atomic E-state index is 0.548. The Morgan fingerprint density at radius 1 is 1.31 bits per heavy atom. The van der Waals surface area contributed by atoms with Crippen LogP contribution < -0.4 is 5.32 Å². The number of likely N-dealkylation sites (tertiary alicyclic amines) is 1. The molecule has 2 heterocycles. The summed E-state index contributed by atoms with van der Waals surface area (Å²) >= 11 is 0. The van der Waals surface area contributed by atoms with Crippen molar-refractivity contribution in [3.63, 3.8) is 0 Å². The molecule has 26 heavy (non-hydrogen) atoms. The highest BCUT2D eigenvalue weighted by atomic mass is 16.5. The molecule has 144 valence electrons. The van der Waals surface area contributed by atoms with Crippen molar-refractivity contribution >= 4 is 5.96 Å². The molecular weight excluding hydrogens is 324 g/mol. The second-order valence-corrected chi connectivity index (χ2v) is 7.56. The molecule has 2 aliphatic rings. The first-order valence-corrected chi connectivity index (χ1v) is 10.1. The first-order chi connectivity index (χ1) is 12.8. The van der Waals surface area contributed by atoms with Gasteiger partial charge >= 0.3 is 0 Å². The van der Waals surface area contributed by atoms with Gasteiger partial charge < -0.3 is 15.0 Å². The molecule has 0 amide bonds. The van der Waals surface area contributed by atoms with Gasteiger partial charge in [-0.05, 0) is 38.3 Å². The van der Waals surface area contributed by atoms with E-state index in [0.717, 1.165) is 51.8 Å². The van der Waals surface area contributed by atoms with Gasteiger partial charge in [0.15, 0.2) is 5.96 Å². The maximum Gasteiger partial charge on any atom is 0.193 e. The Hall–Kier alpha value is -1.59. The summed E-state index contributed by atoms with van der Waals surface area (Å²) in [6.45, 7) is 8.95. The van der Waals surface area contributed by atoms with Crippen LogP contribution in [-0.4, -0.2) is 68.2 Å². The summed E-state index contributed by atoms with van der Waals surface area (Å²) in [4.78, 5) is 9.85. The molecule has 1 aromatic carbocycles. The zero-order chi connectivity index (χ0) is 18.2. The van der Waals surface area contributed by atoms with E-state index >= 15 is 0 Å². The Bertz CT molecular complexity index is 556. The van der Waals surface area contributed by atoms with Gasteiger partial charge in [-0.1, -0.05) is 30.3 Å². The Balaban J connectivity index is 1.56. The average Bonchev–Trinajstić information content (AvgIpc) is 3.31. The van der Waals surface area contributed by atoms with Gasteiger partial charge in [-0.15, -0.1) is 0 Å². The van der Waals surface area contributed by atoms with Gasteiger partial charge in [0.2, 0.25) is 0 Å². The van der Waals surface area contributed by atoms with Crippen molar-refractivity contribution in [2.45, 2.75) is 38.8 Å². The Labute approximate surface area is 158 Å². The monoisotopic (exact) mass is 358 g/mol. The molecule has 0 aromatic heterocycles. The minimum Gasteiger partial charge on any atom is -0.381 e. The van der Waals surface area contributed by atoms with E-state index in [-0.39, 0.29) is 0 Å². The Morgan fingerprint density at radius 3 is 2.88 bits per heavy atom. The van der Waals surface area contributed by atoms with Crippen molar-refractivity contribution in [2.75, 3.05) is 46.4 Å². The van der Waals surface area contributed by atoms with Crippen LogP contribution in [0.4, 0.5) is 0 Å². The number of benzene rings is 1. The number of aliphatic imine (C=N–C) groups is 1. The second-order valence-electron chi connectivity index (χ2n) is 7.56. The molecule has 0 saturated carbocycles. The fourth-order valence-electron chi connectivity index (χ4n) is 3.99. The first kappa shape index (κ1) is 19.2. The van der Waals surface area contributed by atoms with Crippen molar-refractivity contribution < 1.29 is 4.74 Å². The first-order valence-electron chi connectivity index (χ1n) is 10.1. The van der Waals surface area contributed by atoms with E-state index < -0.39 is 0 Å². The summed E-state index contributed by atoms with van der Waals surface area (Å²) in [5.41, 5.74) is 1.40. The van der Waals surface area contributed by atoms with Crippen molar-refractivity contribution in [1.29, 1.82) is 0 Å². The third-order valence-electron chi connectivity index (χ3n) is 5.43. The summed E-state index contributed by atoms with van der Waals surface area (Å²) < 4.78 is 5.52. The smallest absolute Gasteiger partial charge is 0.193 e. The van der Waals surface area contributed by atoms with E-state index in [1.807, 2.05) is 0 Å². The molecule has 2 aliphatic heterocycles. The summed E-state index contributed by atoms with van der Waals surface area (Å²) in [7, 11) is 2.15. The van der Waals surface area contributed by atoms with Crippen molar-refractivity contribution in [3.8, 4) is 0 Å². The Morgan fingerprint density at radius 2 is 2.15 bits per heavy atom. The lowest BCUT2D eigenvalue weighted by Gasteiger charge is -2.27. The molecule has 3 rings (SSSR count). The lowest BCUT2D eigenvalue weighted by molar-refractivity contribution is 0.181. The number of ether oxygens (including phenoxy) is 1. The molecule has 2 unspecified atom stereocenters. The van der Waals surface area contributed by atoms with Crippen LogP contribution in [0.1, 0.15) is 31.7 Å². The van der Waals surface area contributed by atoms with Crippen molar-refractivity contribution in [3.05, 3.63) is 35.9 Å². The molecular formula is C21H34N4O. The summed E-state index contributed by atoms with van der Waals surface area (Å²) in [5, 5.41) is 3.46. The normalized spacial score (nSPS) is 24.2. The Kier molecular flexibility index (Phi) is 7.32. The van der Waals surface area contributed by atoms with E-state index in [9.17, 15) is 0 Å². The standard InChI is InChI=1S/C21H34N4O/c1-3-22-21(24(2)15-19-11-13-26-17-19)23-14-20-10-7-12-25(20)16-18-8-5-4-6-9-18/h4-6,8-9,19-20H,3,7,10-17H2,1-2H3,(H,22,23). The number of nitrogens with zero attached hydrogens (tertiary/aromatic N) is 3. The molecule has 0 spiro atoms. The fourth-order valence-corrected chi connectivity index (χ4v) is 3.99. The quantitative estimate of drug-likeness (QED) is 0.601. The predicted molar refractivity (Wildman–Crippen MR) is 107 cm³/mol. The van der Waals surface area contributed by atoms with Crippen molar-refractivity contribution in [1.82, 2.24) is 15.1 Å². The molecule has 0 bridgehead atoms. The van der Waals surface area contributed by atoms with Gasteiger partial charge in [-0.2, -0.15) is 0 Å². The largest absolute Gasteiger partial charge is 0.381 e. The second kappa shape index (κ2) is 9.93. The van der Waals surface area contributed by atoms with Crippen LogP contribution in [0, 0.1) is 5.92 Å². The maximum atomic E-state index is 5.52. The van der Waals surface area contributed by atoms with E-state index in [2.05, 4.69) is 59.4 Å². The van der Waals surface area contributed by atoms with Gasteiger partial charge in [-0.25, -0.2) is 0 Å². The predicted octanol–water partition coefficient (Wildman–Crippen LogP) is 2.58. The number of rotatable bonds is 7. The van der Waals surface area contributed by atoms with Gasteiger partial charge in [0.1, 0.15) is 0 Å². The van der Waals surface area contributed by atoms with Crippen LogP contribution in [0.5, 0.6) is 0 Å². The molecule has 0 aliphatic carbocycles. The average molecular weight is 359 g/mol. The van der Waals surface area contributed by atoms with Crippen LogP contribution in [-0.2, 0) is 11.3 Å². The number of hydrogen-bond donors (Lipinski definition) is 1. The molecule has 2 atom stereocenters. The number of guanidine groups is 1. The topological polar surface area (TPSA) is 40.1 Å². The molecule has 2 fully saturated rings. The van der Waals surface area contributed by atoms with Crippen LogP contribution in [0.25, 0.3) is 0 Å². The molecule has 5 nitrogen and oxygen atoms in total. The van der Waals surface area contributed by atoms with Crippen LogP contribution in [0.2, 0.25) is 0 Å². The van der Waals surface area contributed by atoms with Crippen molar-refractivity contribution in [2.24, 2.45) is 10.9 Å².